The molecule has 0 amide bonds. The highest BCUT2D eigenvalue weighted by Crippen LogP contribution is 2.20. The van der Waals surface area contributed by atoms with Crippen molar-refractivity contribution in [2.75, 3.05) is 0 Å². The number of hydrogen-bond donors (Lipinski definition) is 0. The van der Waals surface area contributed by atoms with E-state index in [0.29, 0.717) is 5.02 Å². The summed E-state index contributed by atoms with van der Waals surface area (Å²) in [6.07, 6.45) is 0.751. The minimum atomic E-state index is -0.439. The number of hydrogen-bond acceptors (Lipinski definition) is 2. The number of nitrogens with zero attached hydrogens (tertiary/aromatic N) is 1. The quantitative estimate of drug-likeness (QED) is 0.525. The van der Waals surface area contributed by atoms with Crippen molar-refractivity contribution < 1.29 is 4.92 Å². The third kappa shape index (κ3) is 1.95. The molecule has 1 rings (SSSR count). The third-order valence-corrected chi connectivity index (χ3v) is 1.78. The number of nitro groups is 1. The maximum absolute atomic E-state index is 10.4. The van der Waals surface area contributed by atoms with Crippen LogP contribution in [0.1, 0.15) is 12.5 Å². The van der Waals surface area contributed by atoms with Gasteiger partial charge in [0.25, 0.3) is 5.69 Å². The monoisotopic (exact) mass is 185 g/mol. The van der Waals surface area contributed by atoms with E-state index in [9.17, 15) is 10.1 Å². The Balaban J connectivity index is 3.15. The average Bonchev–Trinajstić information content (AvgIpc) is 2.03. The van der Waals surface area contributed by atoms with Crippen LogP contribution in [0.5, 0.6) is 0 Å². The molecular formula is C8H8ClNO2. The summed E-state index contributed by atoms with van der Waals surface area (Å²) >= 11 is 5.67. The third-order valence-electron chi connectivity index (χ3n) is 1.56. The Kier molecular flexibility index (Phi) is 2.65. The van der Waals surface area contributed by atoms with Gasteiger partial charge in [0.15, 0.2) is 0 Å². The van der Waals surface area contributed by atoms with Crippen molar-refractivity contribution in [3.8, 4) is 0 Å². The first kappa shape index (κ1) is 9.00. The van der Waals surface area contributed by atoms with Crippen LogP contribution in [0.15, 0.2) is 18.2 Å². The van der Waals surface area contributed by atoms with E-state index in [-0.39, 0.29) is 5.69 Å². The fourth-order valence-corrected chi connectivity index (χ4v) is 1.19. The second-order valence-electron chi connectivity index (χ2n) is 2.43. The van der Waals surface area contributed by atoms with Gasteiger partial charge in [-0.3, -0.25) is 10.1 Å². The summed E-state index contributed by atoms with van der Waals surface area (Å²) in [6.45, 7) is 1.93. The van der Waals surface area contributed by atoms with E-state index in [2.05, 4.69) is 0 Å². The lowest BCUT2D eigenvalue weighted by atomic mass is 10.1. The largest absolute Gasteiger partial charge is 0.271 e. The van der Waals surface area contributed by atoms with Crippen molar-refractivity contribution in [1.82, 2.24) is 0 Å². The Morgan fingerprint density at radius 1 is 1.50 bits per heavy atom. The van der Waals surface area contributed by atoms with Crippen molar-refractivity contribution in [3.05, 3.63) is 38.9 Å². The summed E-state index contributed by atoms with van der Waals surface area (Å²) in [6, 6.07) is 4.61. The first-order chi connectivity index (χ1) is 5.63. The highest BCUT2D eigenvalue weighted by atomic mass is 35.5. The zero-order valence-corrected chi connectivity index (χ0v) is 7.34. The molecule has 0 radical (unpaired) electrons. The van der Waals surface area contributed by atoms with Gasteiger partial charge in [-0.05, 0) is 18.1 Å². The van der Waals surface area contributed by atoms with Gasteiger partial charge in [-0.25, -0.2) is 0 Å². The van der Waals surface area contributed by atoms with E-state index in [1.54, 1.807) is 6.07 Å². The normalized spacial score (nSPS) is 9.83. The molecule has 64 valence electrons. The molecule has 0 atom stereocenters. The minimum Gasteiger partial charge on any atom is -0.258 e. The smallest absolute Gasteiger partial charge is 0.258 e. The second kappa shape index (κ2) is 3.54. The van der Waals surface area contributed by atoms with Gasteiger partial charge >= 0.3 is 0 Å². The molecule has 0 saturated heterocycles. The number of halogens is 1. The van der Waals surface area contributed by atoms with Gasteiger partial charge in [-0.2, -0.15) is 0 Å². The van der Waals surface area contributed by atoms with Crippen molar-refractivity contribution in [1.29, 1.82) is 0 Å². The van der Waals surface area contributed by atoms with Gasteiger partial charge in [0.1, 0.15) is 0 Å². The summed E-state index contributed by atoms with van der Waals surface area (Å²) in [5.74, 6) is 0. The maximum atomic E-state index is 10.4. The Hall–Kier alpha value is -1.09. The van der Waals surface area contributed by atoms with Crippen LogP contribution in [0.4, 0.5) is 5.69 Å². The van der Waals surface area contributed by atoms with Crippen LogP contribution in [0.25, 0.3) is 0 Å². The lowest BCUT2D eigenvalue weighted by Crippen LogP contribution is -1.89. The summed E-state index contributed by atoms with van der Waals surface area (Å²) in [5.41, 5.74) is 0.938. The molecule has 0 bridgehead atoms. The Labute approximate surface area is 75.1 Å². The van der Waals surface area contributed by atoms with E-state index in [0.717, 1.165) is 12.0 Å². The van der Waals surface area contributed by atoms with E-state index in [4.69, 9.17) is 11.6 Å². The zero-order chi connectivity index (χ0) is 9.14. The summed E-state index contributed by atoms with van der Waals surface area (Å²) in [5, 5.41) is 10.8. The first-order valence-corrected chi connectivity index (χ1v) is 3.95. The van der Waals surface area contributed by atoms with E-state index in [1.165, 1.54) is 12.1 Å². The van der Waals surface area contributed by atoms with E-state index < -0.39 is 4.92 Å². The van der Waals surface area contributed by atoms with Crippen LogP contribution in [0.3, 0.4) is 0 Å². The Morgan fingerprint density at radius 3 is 2.67 bits per heavy atom. The van der Waals surface area contributed by atoms with Gasteiger partial charge in [-0.1, -0.05) is 18.5 Å². The predicted octanol–water partition coefficient (Wildman–Crippen LogP) is 2.81. The molecule has 0 spiro atoms. The topological polar surface area (TPSA) is 43.1 Å². The maximum Gasteiger partial charge on any atom is 0.271 e. The van der Waals surface area contributed by atoms with Crippen molar-refractivity contribution in [2.24, 2.45) is 0 Å². The Bertz CT molecular complexity index is 312. The molecule has 0 N–H and O–H groups in total. The van der Waals surface area contributed by atoms with Gasteiger partial charge in [0, 0.05) is 17.2 Å². The Morgan fingerprint density at radius 2 is 2.17 bits per heavy atom. The molecule has 0 unspecified atom stereocenters. The zero-order valence-electron chi connectivity index (χ0n) is 6.58. The fraction of sp³-hybridized carbons (Fsp3) is 0.250. The number of nitro benzene ring substituents is 1. The van der Waals surface area contributed by atoms with Crippen LogP contribution in [-0.2, 0) is 6.42 Å². The van der Waals surface area contributed by atoms with Gasteiger partial charge in [0.05, 0.1) is 4.92 Å². The minimum absolute atomic E-state index is 0.0550. The second-order valence-corrected chi connectivity index (χ2v) is 2.86. The van der Waals surface area contributed by atoms with Crippen molar-refractivity contribution in [2.45, 2.75) is 13.3 Å². The molecular weight excluding hydrogens is 178 g/mol. The van der Waals surface area contributed by atoms with Crippen LogP contribution in [0, 0.1) is 10.1 Å². The molecule has 0 aliphatic heterocycles. The molecule has 0 heterocycles. The van der Waals surface area contributed by atoms with E-state index in [1.807, 2.05) is 6.92 Å². The summed E-state index contributed by atoms with van der Waals surface area (Å²) in [7, 11) is 0. The molecule has 4 heteroatoms. The van der Waals surface area contributed by atoms with Crippen LogP contribution in [-0.4, -0.2) is 4.92 Å². The standard InChI is InChI=1S/C8H8ClNO2/c1-2-6-3-7(9)5-8(4-6)10(11)12/h3-5H,2H2,1H3. The lowest BCUT2D eigenvalue weighted by molar-refractivity contribution is -0.384. The molecule has 1 aromatic carbocycles. The van der Waals surface area contributed by atoms with Crippen molar-refractivity contribution >= 4 is 17.3 Å². The van der Waals surface area contributed by atoms with Crippen LogP contribution >= 0.6 is 11.6 Å². The average molecular weight is 186 g/mol. The van der Waals surface area contributed by atoms with Gasteiger partial charge < -0.3 is 0 Å². The van der Waals surface area contributed by atoms with Crippen LogP contribution in [0.2, 0.25) is 5.02 Å². The number of benzene rings is 1. The molecule has 0 saturated carbocycles. The number of aryl methyl sites for hydroxylation is 1. The molecule has 0 aliphatic carbocycles. The molecule has 0 aliphatic rings. The molecule has 12 heavy (non-hydrogen) atoms. The van der Waals surface area contributed by atoms with Crippen molar-refractivity contribution in [3.63, 3.8) is 0 Å². The van der Waals surface area contributed by atoms with Crippen LogP contribution < -0.4 is 0 Å². The SMILES string of the molecule is CCc1cc(Cl)cc([N+](=O)[O-])c1. The number of non-ortho nitro benzene ring substituents is 1. The lowest BCUT2D eigenvalue weighted by Gasteiger charge is -1.97. The highest BCUT2D eigenvalue weighted by molar-refractivity contribution is 6.30. The van der Waals surface area contributed by atoms with E-state index >= 15 is 0 Å². The predicted molar refractivity (Wildman–Crippen MR) is 47.5 cm³/mol. The highest BCUT2D eigenvalue weighted by Gasteiger charge is 2.07. The number of rotatable bonds is 2. The molecule has 3 nitrogen and oxygen atoms in total. The molecule has 0 aromatic heterocycles. The molecule has 1 aromatic rings. The van der Waals surface area contributed by atoms with Gasteiger partial charge in [-0.15, -0.1) is 0 Å². The summed E-state index contributed by atoms with van der Waals surface area (Å²) < 4.78 is 0. The first-order valence-electron chi connectivity index (χ1n) is 3.57. The fourth-order valence-electron chi connectivity index (χ4n) is 0.943. The summed E-state index contributed by atoms with van der Waals surface area (Å²) in [4.78, 5) is 9.93. The van der Waals surface area contributed by atoms with Gasteiger partial charge in [0.2, 0.25) is 0 Å². The molecule has 0 fully saturated rings.